The van der Waals surface area contributed by atoms with E-state index in [-0.39, 0.29) is 95.4 Å². The summed E-state index contributed by atoms with van der Waals surface area (Å²) in [7, 11) is 0. The summed E-state index contributed by atoms with van der Waals surface area (Å²) in [5.74, 6) is -1.46. The molecule has 2 heterocycles. The van der Waals surface area contributed by atoms with Gasteiger partial charge in [0.25, 0.3) is 17.4 Å². The van der Waals surface area contributed by atoms with Crippen molar-refractivity contribution in [3.05, 3.63) is 95.5 Å². The van der Waals surface area contributed by atoms with Crippen LogP contribution in [0.1, 0.15) is 139 Å². The number of imide groups is 1. The summed E-state index contributed by atoms with van der Waals surface area (Å²) < 4.78 is 115. The molecule has 4 aromatic carbocycles. The number of carbonyl (C=O) groups excluding carboxylic acids is 2. The smallest absolute Gasteiger partial charge is 0.355 e. The van der Waals surface area contributed by atoms with Gasteiger partial charge in [-0.15, -0.1) is 0 Å². The highest BCUT2D eigenvalue weighted by Gasteiger charge is 2.41. The van der Waals surface area contributed by atoms with Crippen LogP contribution in [0.15, 0.2) is 45.7 Å². The van der Waals surface area contributed by atoms with E-state index in [2.05, 4.69) is 47.0 Å². The number of rotatable bonds is 20. The average Bonchev–Trinajstić information content (AvgIpc) is 3.24. The van der Waals surface area contributed by atoms with Crippen molar-refractivity contribution >= 4 is 78.6 Å². The molecule has 0 spiro atoms. The number of pyridine rings is 1. The van der Waals surface area contributed by atoms with Crippen LogP contribution < -0.4 is 21.5 Å². The largest absolute Gasteiger partial charge is 0.416 e. The van der Waals surface area contributed by atoms with Gasteiger partial charge >= 0.3 is 12.4 Å². The number of aromatic nitrogens is 1. The number of amides is 2. The van der Waals surface area contributed by atoms with Crippen LogP contribution in [0.4, 0.5) is 57.9 Å². The van der Waals surface area contributed by atoms with Crippen molar-refractivity contribution in [2.24, 2.45) is 0 Å². The van der Waals surface area contributed by atoms with Crippen LogP contribution in [0.5, 0.6) is 0 Å². The minimum absolute atomic E-state index is 0.00333. The average molecular weight is 964 g/mol. The predicted molar refractivity (Wildman–Crippen MR) is 240 cm³/mol. The minimum Gasteiger partial charge on any atom is -0.355 e. The van der Waals surface area contributed by atoms with E-state index in [1.54, 1.807) is 0 Å². The van der Waals surface area contributed by atoms with Gasteiger partial charge in [0, 0.05) is 46.0 Å². The first kappa shape index (κ1) is 48.5. The van der Waals surface area contributed by atoms with Gasteiger partial charge in [0.15, 0.2) is 0 Å². The van der Waals surface area contributed by atoms with Crippen molar-refractivity contribution in [3.8, 4) is 0 Å². The van der Waals surface area contributed by atoms with Crippen LogP contribution in [0.2, 0.25) is 0 Å². The van der Waals surface area contributed by atoms with Gasteiger partial charge in [-0.25, -0.2) is 8.78 Å². The summed E-state index contributed by atoms with van der Waals surface area (Å²) in [6, 6.07) is 5.21. The van der Waals surface area contributed by atoms with Gasteiger partial charge in [-0.2, -0.15) is 26.3 Å². The van der Waals surface area contributed by atoms with E-state index in [4.69, 9.17) is 0 Å². The van der Waals surface area contributed by atoms with Crippen molar-refractivity contribution < 1.29 is 44.7 Å². The highest BCUT2D eigenvalue weighted by atomic mass is 79.9. The van der Waals surface area contributed by atoms with Crippen LogP contribution in [0.25, 0.3) is 28.1 Å². The number of anilines is 4. The highest BCUT2D eigenvalue weighted by molar-refractivity contribution is 9.10. The van der Waals surface area contributed by atoms with Crippen molar-refractivity contribution in [2.75, 3.05) is 17.2 Å². The standard InChI is InChI=1S/C48H51BrF8N4O3/c1-5-7-9-11-13-15-17-60-28(4)36-38-37-35(27(3)42(36)58-34-23-31(47(52,53)54)22-32(24-34)48(55,56)57)44(62)61(18-16-14-12-10-8-6-2)45(63)39(37)41(49)43(40(38)46(60)64)59-33-20-29(25-50)19-30(21-33)26-51/h19-24,58-59H,4-18,25-26H2,1-3H3. The third kappa shape index (κ3) is 9.81. The number of unbranched alkanes of at least 4 members (excludes halogenated alkanes) is 10. The zero-order valence-corrected chi connectivity index (χ0v) is 37.6. The molecule has 0 saturated heterocycles. The lowest BCUT2D eigenvalue weighted by atomic mass is 9.85. The lowest BCUT2D eigenvalue weighted by Crippen LogP contribution is -2.42. The maximum absolute atomic E-state index is 15.1. The zero-order valence-electron chi connectivity index (χ0n) is 36.0. The Balaban J connectivity index is 1.71. The molecule has 1 aliphatic rings. The van der Waals surface area contributed by atoms with Gasteiger partial charge < -0.3 is 15.2 Å². The van der Waals surface area contributed by atoms with E-state index in [1.165, 1.54) is 29.7 Å². The first-order valence-electron chi connectivity index (χ1n) is 21.7. The minimum atomic E-state index is -5.18. The fraction of sp³-hybridized carbons (Fsp3) is 0.438. The third-order valence-electron chi connectivity index (χ3n) is 11.9. The van der Waals surface area contributed by atoms with Crippen molar-refractivity contribution in [3.63, 3.8) is 0 Å². The van der Waals surface area contributed by atoms with Gasteiger partial charge in [-0.1, -0.05) is 90.7 Å². The summed E-state index contributed by atoms with van der Waals surface area (Å²) >= 11 is 3.61. The van der Waals surface area contributed by atoms with E-state index in [1.807, 2.05) is 0 Å². The normalized spacial score (nSPS) is 13.2. The molecule has 6 rings (SSSR count). The molecule has 0 atom stereocenters. The van der Waals surface area contributed by atoms with E-state index < -0.39 is 59.9 Å². The first-order valence-corrected chi connectivity index (χ1v) is 22.5. The molecule has 0 fully saturated rings. The molecule has 1 aromatic heterocycles. The molecule has 2 amide bonds. The van der Waals surface area contributed by atoms with Crippen LogP contribution in [-0.4, -0.2) is 27.8 Å². The second kappa shape index (κ2) is 20.0. The number of hydrogen-bond donors (Lipinski definition) is 2. The molecule has 0 radical (unpaired) electrons. The summed E-state index contributed by atoms with van der Waals surface area (Å²) in [5, 5.41) is 6.02. The predicted octanol–water partition coefficient (Wildman–Crippen LogP) is 14.1. The Labute approximate surface area is 374 Å². The molecule has 7 nitrogen and oxygen atoms in total. The molecule has 0 aliphatic carbocycles. The number of nitrogens with zero attached hydrogens (tertiary/aromatic N) is 2. The molecular weight excluding hydrogens is 912 g/mol. The van der Waals surface area contributed by atoms with Crippen LogP contribution in [0.3, 0.4) is 0 Å². The molecule has 5 aromatic rings. The number of halogens is 9. The molecule has 0 bridgehead atoms. The summed E-state index contributed by atoms with van der Waals surface area (Å²) in [5.41, 5.74) is -4.12. The molecule has 2 N–H and O–H groups in total. The lowest BCUT2D eigenvalue weighted by Gasteiger charge is -2.32. The maximum atomic E-state index is 15.1. The zero-order chi connectivity index (χ0) is 46.7. The van der Waals surface area contributed by atoms with Crippen molar-refractivity contribution in [1.82, 2.24) is 9.47 Å². The Morgan fingerprint density at radius 3 is 1.61 bits per heavy atom. The Hall–Kier alpha value is -4.99. The van der Waals surface area contributed by atoms with Gasteiger partial charge in [0.05, 0.1) is 43.5 Å². The maximum Gasteiger partial charge on any atom is 0.416 e. The first-order chi connectivity index (χ1) is 30.4. The van der Waals surface area contributed by atoms with E-state index in [0.29, 0.717) is 31.4 Å². The van der Waals surface area contributed by atoms with Gasteiger partial charge in [0.1, 0.15) is 13.3 Å². The topological polar surface area (TPSA) is 83.4 Å². The third-order valence-corrected chi connectivity index (χ3v) is 12.7. The van der Waals surface area contributed by atoms with Crippen LogP contribution in [0, 0.1) is 6.92 Å². The molecule has 16 heteroatoms. The van der Waals surface area contributed by atoms with E-state index in [9.17, 15) is 44.7 Å². The quantitative estimate of drug-likeness (QED) is 0.0461. The summed E-state index contributed by atoms with van der Waals surface area (Å²) in [4.78, 5) is 45.7. The van der Waals surface area contributed by atoms with E-state index >= 15 is 4.79 Å². The van der Waals surface area contributed by atoms with Gasteiger partial charge in [0.2, 0.25) is 0 Å². The summed E-state index contributed by atoms with van der Waals surface area (Å²) in [6.45, 7) is 8.09. The lowest BCUT2D eigenvalue weighted by molar-refractivity contribution is -0.143. The fourth-order valence-electron chi connectivity index (χ4n) is 8.69. The van der Waals surface area contributed by atoms with Gasteiger partial charge in [-0.3, -0.25) is 19.3 Å². The Morgan fingerprint density at radius 1 is 0.594 bits per heavy atom. The molecule has 0 unspecified atom stereocenters. The Bertz CT molecular complexity index is 2620. The number of hydrogen-bond acceptors (Lipinski definition) is 5. The molecule has 1 aliphatic heterocycles. The van der Waals surface area contributed by atoms with Crippen molar-refractivity contribution in [2.45, 2.75) is 130 Å². The number of nitrogens with one attached hydrogen (secondary N) is 2. The van der Waals surface area contributed by atoms with Crippen LogP contribution in [-0.2, 0) is 32.2 Å². The second-order valence-electron chi connectivity index (χ2n) is 16.5. The Kier molecular flexibility index (Phi) is 15.2. The summed E-state index contributed by atoms with van der Waals surface area (Å²) in [6.07, 6.45) is -0.334. The molecule has 344 valence electrons. The monoisotopic (exact) mass is 962 g/mol. The fourth-order valence-corrected chi connectivity index (χ4v) is 9.35. The molecular formula is C48H51BrF8N4O3. The van der Waals surface area contributed by atoms with Crippen LogP contribution >= 0.6 is 15.9 Å². The molecule has 64 heavy (non-hydrogen) atoms. The SMILES string of the molecule is C=c1c2c(Nc3cc(C(F)(F)F)cc(C(F)(F)F)c3)c(C)c3c4c(c(Br)c(Nc5cc(CF)cc(CF)c5)c(c(=O)n1CCCCCCCC)c42)C(=O)N(CCCCCCCC)C3=O. The molecule has 0 saturated carbocycles. The van der Waals surface area contributed by atoms with E-state index in [0.717, 1.165) is 62.7 Å². The number of benzene rings is 4. The number of carbonyl (C=O) groups is 2. The second-order valence-corrected chi connectivity index (χ2v) is 17.3. The Morgan fingerprint density at radius 2 is 1.08 bits per heavy atom. The highest BCUT2D eigenvalue weighted by Crippen LogP contribution is 2.49. The van der Waals surface area contributed by atoms with Crippen molar-refractivity contribution in [1.29, 1.82) is 0 Å². The van der Waals surface area contributed by atoms with Gasteiger partial charge in [-0.05, 0) is 82.7 Å². The number of alkyl halides is 8.